The lowest BCUT2D eigenvalue weighted by Crippen LogP contribution is -2.32. The molecule has 6 nitrogen and oxygen atoms in total. The lowest BCUT2D eigenvalue weighted by atomic mass is 10.2. The summed E-state index contributed by atoms with van der Waals surface area (Å²) in [4.78, 5) is 12.0. The van der Waals surface area contributed by atoms with Crippen LogP contribution in [0, 0.1) is 5.82 Å². The van der Waals surface area contributed by atoms with E-state index in [2.05, 4.69) is 10.1 Å². The molecule has 1 amide bonds. The van der Waals surface area contributed by atoms with Crippen LogP contribution in [-0.2, 0) is 14.8 Å². The van der Waals surface area contributed by atoms with E-state index >= 15 is 0 Å². The molecule has 0 bridgehead atoms. The Morgan fingerprint density at radius 1 is 1.10 bits per heavy atom. The molecule has 2 aromatic carbocycles. The number of benzene rings is 2. The molecule has 1 N–H and O–H groups in total. The first kappa shape index (κ1) is 22.5. The molecule has 0 aromatic heterocycles. The largest absolute Gasteiger partial charge is 0.573 e. The van der Waals surface area contributed by atoms with E-state index in [1.165, 1.54) is 30.3 Å². The summed E-state index contributed by atoms with van der Waals surface area (Å²) in [6.45, 7) is -0.119. The summed E-state index contributed by atoms with van der Waals surface area (Å²) in [5.74, 6) is -1.61. The Hall–Kier alpha value is -2.82. The Labute approximate surface area is 165 Å². The van der Waals surface area contributed by atoms with Crippen LogP contribution in [-0.4, -0.2) is 33.5 Å². The zero-order chi connectivity index (χ0) is 21.7. The average molecular weight is 434 g/mol. The van der Waals surface area contributed by atoms with Crippen LogP contribution in [0.2, 0.25) is 0 Å². The van der Waals surface area contributed by atoms with E-state index in [0.29, 0.717) is 0 Å². The van der Waals surface area contributed by atoms with Crippen LogP contribution in [0.5, 0.6) is 5.75 Å². The van der Waals surface area contributed by atoms with Crippen LogP contribution < -0.4 is 14.4 Å². The van der Waals surface area contributed by atoms with Crippen molar-refractivity contribution in [3.05, 3.63) is 54.3 Å². The summed E-state index contributed by atoms with van der Waals surface area (Å²) in [7, 11) is -3.76. The number of hydrogen-bond donors (Lipinski definition) is 1. The first-order valence-electron chi connectivity index (χ1n) is 8.33. The molecule has 0 unspecified atom stereocenters. The van der Waals surface area contributed by atoms with Gasteiger partial charge in [0.2, 0.25) is 15.9 Å². The maximum atomic E-state index is 13.9. The molecule has 0 aliphatic heterocycles. The molecule has 0 spiro atoms. The van der Waals surface area contributed by atoms with Crippen molar-refractivity contribution >= 4 is 27.3 Å². The lowest BCUT2D eigenvalue weighted by molar-refractivity contribution is -0.274. The molecule has 0 saturated carbocycles. The molecule has 2 rings (SSSR count). The second kappa shape index (κ2) is 9.12. The van der Waals surface area contributed by atoms with Crippen molar-refractivity contribution in [1.29, 1.82) is 0 Å². The zero-order valence-electron chi connectivity index (χ0n) is 15.2. The predicted molar refractivity (Wildman–Crippen MR) is 99.6 cm³/mol. The fourth-order valence-corrected chi connectivity index (χ4v) is 3.43. The third-order valence-corrected chi connectivity index (χ3v) is 4.84. The molecule has 0 radical (unpaired) electrons. The molecular weight excluding hydrogens is 416 g/mol. The number of sulfonamides is 1. The first-order chi connectivity index (χ1) is 13.5. The van der Waals surface area contributed by atoms with Gasteiger partial charge in [-0.2, -0.15) is 0 Å². The Kier molecular flexibility index (Phi) is 7.07. The minimum absolute atomic E-state index is 0.0821. The Balaban J connectivity index is 1.92. The normalized spacial score (nSPS) is 11.8. The van der Waals surface area contributed by atoms with E-state index in [1.807, 2.05) is 0 Å². The van der Waals surface area contributed by atoms with Crippen molar-refractivity contribution in [2.45, 2.75) is 19.2 Å². The number of halogens is 4. The molecule has 0 atom stereocenters. The van der Waals surface area contributed by atoms with Crippen molar-refractivity contribution in [1.82, 2.24) is 0 Å². The van der Waals surface area contributed by atoms with Crippen LogP contribution in [0.25, 0.3) is 0 Å². The van der Waals surface area contributed by atoms with Gasteiger partial charge in [0.25, 0.3) is 0 Å². The smallest absolute Gasteiger partial charge is 0.406 e. The molecule has 158 valence electrons. The highest BCUT2D eigenvalue weighted by molar-refractivity contribution is 7.92. The van der Waals surface area contributed by atoms with Gasteiger partial charge < -0.3 is 10.1 Å². The number of rotatable bonds is 8. The number of hydrogen-bond acceptors (Lipinski definition) is 4. The molecule has 11 heteroatoms. The molecule has 0 saturated heterocycles. The Morgan fingerprint density at radius 2 is 1.72 bits per heavy atom. The topological polar surface area (TPSA) is 75.7 Å². The maximum absolute atomic E-state index is 13.9. The summed E-state index contributed by atoms with van der Waals surface area (Å²) in [5.41, 5.74) is 0.134. The number of amides is 1. The fourth-order valence-electron chi connectivity index (χ4n) is 2.47. The van der Waals surface area contributed by atoms with Gasteiger partial charge in [0, 0.05) is 18.7 Å². The van der Waals surface area contributed by atoms with E-state index in [0.717, 1.165) is 28.8 Å². The SMILES string of the molecule is CS(=O)(=O)N(CCCC(=O)Nc1ccc(OC(F)(F)F)cc1)c1ccccc1F. The number of carbonyl (C=O) groups excluding carboxylic acids is 1. The molecule has 2 aromatic rings. The summed E-state index contributed by atoms with van der Waals surface area (Å²) in [6, 6.07) is 9.95. The van der Waals surface area contributed by atoms with Gasteiger partial charge >= 0.3 is 6.36 Å². The molecule has 0 fully saturated rings. The average Bonchev–Trinajstić information content (AvgIpc) is 2.59. The predicted octanol–water partition coefficient (Wildman–Crippen LogP) is 3.91. The van der Waals surface area contributed by atoms with Crippen LogP contribution in [0.3, 0.4) is 0 Å². The van der Waals surface area contributed by atoms with E-state index in [-0.39, 0.29) is 30.8 Å². The number of alkyl halides is 3. The second-order valence-electron chi connectivity index (χ2n) is 6.01. The van der Waals surface area contributed by atoms with Gasteiger partial charge in [-0.05, 0) is 42.8 Å². The van der Waals surface area contributed by atoms with Crippen molar-refractivity contribution in [2.24, 2.45) is 0 Å². The van der Waals surface area contributed by atoms with E-state index in [9.17, 15) is 30.8 Å². The van der Waals surface area contributed by atoms with Crippen LogP contribution in [0.4, 0.5) is 28.9 Å². The number of para-hydroxylation sites is 1. The molecule has 0 heterocycles. The van der Waals surface area contributed by atoms with Crippen LogP contribution >= 0.6 is 0 Å². The second-order valence-corrected chi connectivity index (χ2v) is 7.92. The lowest BCUT2D eigenvalue weighted by Gasteiger charge is -2.22. The molecular formula is C18H18F4N2O4S. The van der Waals surface area contributed by atoms with Crippen molar-refractivity contribution in [3.8, 4) is 5.75 Å². The van der Waals surface area contributed by atoms with Gasteiger partial charge in [-0.25, -0.2) is 12.8 Å². The maximum Gasteiger partial charge on any atom is 0.573 e. The van der Waals surface area contributed by atoms with E-state index in [4.69, 9.17) is 0 Å². The number of anilines is 2. The van der Waals surface area contributed by atoms with E-state index < -0.39 is 33.9 Å². The molecule has 0 aliphatic carbocycles. The van der Waals surface area contributed by atoms with Crippen molar-refractivity contribution in [2.75, 3.05) is 22.4 Å². The van der Waals surface area contributed by atoms with E-state index in [1.54, 1.807) is 0 Å². The minimum Gasteiger partial charge on any atom is -0.406 e. The Bertz CT molecular complexity index is 947. The van der Waals surface area contributed by atoms with Crippen molar-refractivity contribution < 1.29 is 35.5 Å². The van der Waals surface area contributed by atoms with Gasteiger partial charge in [-0.3, -0.25) is 9.10 Å². The molecule has 29 heavy (non-hydrogen) atoms. The monoisotopic (exact) mass is 434 g/mol. The number of ether oxygens (including phenoxy) is 1. The third kappa shape index (κ3) is 7.26. The number of nitrogens with one attached hydrogen (secondary N) is 1. The highest BCUT2D eigenvalue weighted by atomic mass is 32.2. The van der Waals surface area contributed by atoms with Gasteiger partial charge in [0.15, 0.2) is 0 Å². The standard InChI is InChI=1S/C18H18F4N2O4S/c1-29(26,27)24(16-6-3-2-5-15(16)19)12-4-7-17(25)23-13-8-10-14(11-9-13)28-18(20,21)22/h2-3,5-6,8-11H,4,7,12H2,1H3,(H,23,25). The number of nitrogens with zero attached hydrogens (tertiary/aromatic N) is 1. The van der Waals surface area contributed by atoms with Gasteiger partial charge in [-0.15, -0.1) is 13.2 Å². The highest BCUT2D eigenvalue weighted by Crippen LogP contribution is 2.24. The summed E-state index contributed by atoms with van der Waals surface area (Å²) >= 11 is 0. The highest BCUT2D eigenvalue weighted by Gasteiger charge is 2.31. The fraction of sp³-hybridized carbons (Fsp3) is 0.278. The van der Waals surface area contributed by atoms with Gasteiger partial charge in [0.05, 0.1) is 11.9 Å². The summed E-state index contributed by atoms with van der Waals surface area (Å²) in [5, 5.41) is 2.48. The zero-order valence-corrected chi connectivity index (χ0v) is 16.1. The quantitative estimate of drug-likeness (QED) is 0.640. The minimum atomic E-state index is -4.81. The summed E-state index contributed by atoms with van der Waals surface area (Å²) < 4.78 is 78.8. The number of carbonyl (C=O) groups is 1. The van der Waals surface area contributed by atoms with Gasteiger partial charge in [0.1, 0.15) is 11.6 Å². The van der Waals surface area contributed by atoms with Crippen LogP contribution in [0.1, 0.15) is 12.8 Å². The van der Waals surface area contributed by atoms with Crippen molar-refractivity contribution in [3.63, 3.8) is 0 Å². The third-order valence-electron chi connectivity index (χ3n) is 3.66. The first-order valence-corrected chi connectivity index (χ1v) is 10.2. The summed E-state index contributed by atoms with van der Waals surface area (Å²) in [6.07, 6.45) is -3.86. The van der Waals surface area contributed by atoms with Gasteiger partial charge in [-0.1, -0.05) is 12.1 Å². The van der Waals surface area contributed by atoms with Crippen LogP contribution in [0.15, 0.2) is 48.5 Å². The Morgan fingerprint density at radius 3 is 2.28 bits per heavy atom. The molecule has 0 aliphatic rings.